The van der Waals surface area contributed by atoms with Gasteiger partial charge in [0.2, 0.25) is 0 Å². The molecule has 1 aliphatic rings. The molecule has 0 unspecified atom stereocenters. The number of nitrogens with one attached hydrogen (secondary N) is 1. The maximum atomic E-state index is 12.7. The van der Waals surface area contributed by atoms with Gasteiger partial charge in [-0.25, -0.2) is 4.79 Å². The molecule has 27 heavy (non-hydrogen) atoms. The Bertz CT molecular complexity index is 709. The number of carbonyl (C=O) groups excluding carboxylic acids is 4. The fourth-order valence-electron chi connectivity index (χ4n) is 2.90. The predicted molar refractivity (Wildman–Crippen MR) is 99.0 cm³/mol. The van der Waals surface area contributed by atoms with Crippen LogP contribution in [-0.4, -0.2) is 47.3 Å². The molecule has 1 aromatic rings. The molecule has 0 bridgehead atoms. The minimum Gasteiger partial charge on any atom is -0.454 e. The van der Waals surface area contributed by atoms with Crippen LogP contribution in [0.25, 0.3) is 0 Å². The zero-order valence-corrected chi connectivity index (χ0v) is 16.2. The number of amides is 3. The molecule has 146 valence electrons. The first-order valence-corrected chi connectivity index (χ1v) is 9.19. The highest BCUT2D eigenvalue weighted by Crippen LogP contribution is 2.27. The van der Waals surface area contributed by atoms with Crippen LogP contribution in [0.3, 0.4) is 0 Å². The van der Waals surface area contributed by atoms with Crippen molar-refractivity contribution in [3.63, 3.8) is 0 Å². The fraction of sp³-hybridized carbons (Fsp3) is 0.500. The molecule has 7 heteroatoms. The Balaban J connectivity index is 2.14. The predicted octanol–water partition coefficient (Wildman–Crippen LogP) is 2.16. The van der Waals surface area contributed by atoms with E-state index in [1.54, 1.807) is 24.3 Å². The second kappa shape index (κ2) is 8.79. The van der Waals surface area contributed by atoms with E-state index in [-0.39, 0.29) is 29.5 Å². The molecule has 0 saturated carbocycles. The smallest absolute Gasteiger partial charge is 0.329 e. The van der Waals surface area contributed by atoms with E-state index < -0.39 is 36.3 Å². The van der Waals surface area contributed by atoms with E-state index >= 15 is 0 Å². The molecule has 1 aromatic carbocycles. The maximum absolute atomic E-state index is 12.7. The Hall–Kier alpha value is -2.70. The quantitative estimate of drug-likeness (QED) is 0.556. The zero-order valence-electron chi connectivity index (χ0n) is 16.2. The third kappa shape index (κ3) is 4.72. The molecule has 2 atom stereocenters. The summed E-state index contributed by atoms with van der Waals surface area (Å²) in [6.45, 7) is 7.10. The molecule has 1 N–H and O–H groups in total. The Labute approximate surface area is 159 Å². The SMILES string of the molecule is CC[C@H](C)NC(=O)COC(=O)[C@@H](CC(C)C)N1C(=O)c2ccccc2C1=O. The van der Waals surface area contributed by atoms with Gasteiger partial charge in [0.15, 0.2) is 6.61 Å². The second-order valence-corrected chi connectivity index (χ2v) is 7.16. The summed E-state index contributed by atoms with van der Waals surface area (Å²) in [7, 11) is 0. The van der Waals surface area contributed by atoms with Crippen molar-refractivity contribution < 1.29 is 23.9 Å². The van der Waals surface area contributed by atoms with Gasteiger partial charge in [-0.15, -0.1) is 0 Å². The highest BCUT2D eigenvalue weighted by molar-refractivity contribution is 6.22. The fourth-order valence-corrected chi connectivity index (χ4v) is 2.90. The van der Waals surface area contributed by atoms with Crippen molar-refractivity contribution in [2.45, 2.75) is 52.6 Å². The highest BCUT2D eigenvalue weighted by Gasteiger charge is 2.43. The summed E-state index contributed by atoms with van der Waals surface area (Å²) in [5, 5.41) is 2.70. The van der Waals surface area contributed by atoms with Crippen molar-refractivity contribution in [2.75, 3.05) is 6.61 Å². The van der Waals surface area contributed by atoms with Crippen LogP contribution in [0, 0.1) is 5.92 Å². The Kier molecular flexibility index (Phi) is 6.71. The van der Waals surface area contributed by atoms with Gasteiger partial charge in [-0.05, 0) is 37.8 Å². The first-order valence-electron chi connectivity index (χ1n) is 9.19. The van der Waals surface area contributed by atoms with Crippen LogP contribution in [0.15, 0.2) is 24.3 Å². The van der Waals surface area contributed by atoms with Crippen molar-refractivity contribution in [3.05, 3.63) is 35.4 Å². The number of nitrogens with zero attached hydrogens (tertiary/aromatic N) is 1. The lowest BCUT2D eigenvalue weighted by Gasteiger charge is -2.26. The van der Waals surface area contributed by atoms with E-state index in [9.17, 15) is 19.2 Å². The summed E-state index contributed by atoms with van der Waals surface area (Å²) < 4.78 is 5.12. The number of hydrogen-bond acceptors (Lipinski definition) is 5. The Morgan fingerprint density at radius 1 is 1.07 bits per heavy atom. The molecular weight excluding hydrogens is 348 g/mol. The lowest BCUT2D eigenvalue weighted by Crippen LogP contribution is -2.47. The van der Waals surface area contributed by atoms with E-state index in [0.29, 0.717) is 0 Å². The van der Waals surface area contributed by atoms with Crippen LogP contribution in [0.4, 0.5) is 0 Å². The number of carbonyl (C=O) groups is 4. The van der Waals surface area contributed by atoms with E-state index in [4.69, 9.17) is 4.74 Å². The molecule has 0 radical (unpaired) electrons. The third-order valence-corrected chi connectivity index (χ3v) is 4.47. The molecule has 0 aliphatic carbocycles. The van der Waals surface area contributed by atoms with Gasteiger partial charge in [-0.2, -0.15) is 0 Å². The molecule has 1 heterocycles. The summed E-state index contributed by atoms with van der Waals surface area (Å²) in [4.78, 5) is 50.8. The van der Waals surface area contributed by atoms with Crippen molar-refractivity contribution in [1.29, 1.82) is 0 Å². The first kappa shape index (κ1) is 20.6. The van der Waals surface area contributed by atoms with Gasteiger partial charge < -0.3 is 10.1 Å². The molecule has 3 amide bonds. The highest BCUT2D eigenvalue weighted by atomic mass is 16.5. The molecular formula is C20H26N2O5. The number of benzene rings is 1. The lowest BCUT2D eigenvalue weighted by molar-refractivity contribution is -0.153. The lowest BCUT2D eigenvalue weighted by atomic mass is 10.0. The van der Waals surface area contributed by atoms with Gasteiger partial charge in [-0.3, -0.25) is 19.3 Å². The number of hydrogen-bond donors (Lipinski definition) is 1. The minimum atomic E-state index is -1.06. The van der Waals surface area contributed by atoms with Gasteiger partial charge in [0.1, 0.15) is 6.04 Å². The van der Waals surface area contributed by atoms with Crippen molar-refractivity contribution in [3.8, 4) is 0 Å². The summed E-state index contributed by atoms with van der Waals surface area (Å²) in [5.41, 5.74) is 0.553. The number of imide groups is 1. The zero-order chi connectivity index (χ0) is 20.1. The molecule has 2 rings (SSSR count). The standard InChI is InChI=1S/C20H26N2O5/c1-5-13(4)21-17(23)11-27-20(26)16(10-12(2)3)22-18(24)14-8-6-7-9-15(14)19(22)25/h6-9,12-13,16H,5,10-11H2,1-4H3,(H,21,23)/t13-,16+/m0/s1. The van der Waals surface area contributed by atoms with Crippen LogP contribution in [-0.2, 0) is 14.3 Å². The Morgan fingerprint density at radius 2 is 1.63 bits per heavy atom. The van der Waals surface area contributed by atoms with Crippen LogP contribution in [0.1, 0.15) is 61.3 Å². The van der Waals surface area contributed by atoms with E-state index in [1.165, 1.54) is 0 Å². The van der Waals surface area contributed by atoms with E-state index in [1.807, 2.05) is 27.7 Å². The van der Waals surface area contributed by atoms with Gasteiger partial charge in [0, 0.05) is 6.04 Å². The molecule has 1 aliphatic heterocycles. The number of ether oxygens (including phenoxy) is 1. The van der Waals surface area contributed by atoms with Crippen LogP contribution < -0.4 is 5.32 Å². The normalized spacial score (nSPS) is 15.5. The van der Waals surface area contributed by atoms with Crippen LogP contribution >= 0.6 is 0 Å². The van der Waals surface area contributed by atoms with Gasteiger partial charge in [-0.1, -0.05) is 32.9 Å². The van der Waals surface area contributed by atoms with Gasteiger partial charge in [0.25, 0.3) is 17.7 Å². The van der Waals surface area contributed by atoms with Crippen LogP contribution in [0.2, 0.25) is 0 Å². The summed E-state index contributed by atoms with van der Waals surface area (Å²) in [6, 6.07) is 5.37. The van der Waals surface area contributed by atoms with E-state index in [2.05, 4.69) is 5.32 Å². The molecule has 7 nitrogen and oxygen atoms in total. The largest absolute Gasteiger partial charge is 0.454 e. The van der Waals surface area contributed by atoms with Crippen molar-refractivity contribution >= 4 is 23.7 Å². The summed E-state index contributed by atoms with van der Waals surface area (Å²) in [6.07, 6.45) is 1.02. The van der Waals surface area contributed by atoms with Crippen molar-refractivity contribution in [1.82, 2.24) is 10.2 Å². The first-order chi connectivity index (χ1) is 12.8. The number of rotatable bonds is 8. The molecule has 0 spiro atoms. The maximum Gasteiger partial charge on any atom is 0.329 e. The average molecular weight is 374 g/mol. The minimum absolute atomic E-state index is 0.0288. The molecule has 0 saturated heterocycles. The summed E-state index contributed by atoms with van der Waals surface area (Å²) >= 11 is 0. The monoisotopic (exact) mass is 374 g/mol. The van der Waals surface area contributed by atoms with Gasteiger partial charge in [0.05, 0.1) is 11.1 Å². The second-order valence-electron chi connectivity index (χ2n) is 7.16. The number of esters is 1. The molecule has 0 aromatic heterocycles. The molecule has 0 fully saturated rings. The third-order valence-electron chi connectivity index (χ3n) is 4.47. The van der Waals surface area contributed by atoms with Gasteiger partial charge >= 0.3 is 5.97 Å². The van der Waals surface area contributed by atoms with Crippen molar-refractivity contribution in [2.24, 2.45) is 5.92 Å². The number of fused-ring (bicyclic) bond motifs is 1. The van der Waals surface area contributed by atoms with Crippen LogP contribution in [0.5, 0.6) is 0 Å². The Morgan fingerprint density at radius 3 is 2.11 bits per heavy atom. The summed E-state index contributed by atoms with van der Waals surface area (Å²) in [5.74, 6) is -2.15. The topological polar surface area (TPSA) is 92.8 Å². The van der Waals surface area contributed by atoms with E-state index in [0.717, 1.165) is 11.3 Å². The average Bonchev–Trinajstić information content (AvgIpc) is 2.88.